The Morgan fingerprint density at radius 2 is 2.19 bits per heavy atom. The fraction of sp³-hybridized carbons (Fsp3) is 0.455. The van der Waals surface area contributed by atoms with Crippen LogP contribution in [0.5, 0.6) is 0 Å². The molecule has 0 spiro atoms. The van der Waals surface area contributed by atoms with Gasteiger partial charge in [-0.1, -0.05) is 0 Å². The molecule has 1 aliphatic rings. The molecule has 0 radical (unpaired) electrons. The Labute approximate surface area is 93.9 Å². The number of carboxylic acids is 1. The zero-order valence-electron chi connectivity index (χ0n) is 8.97. The lowest BCUT2D eigenvalue weighted by Crippen LogP contribution is -2.39. The predicted molar refractivity (Wildman–Crippen MR) is 60.6 cm³/mol. The van der Waals surface area contributed by atoms with Gasteiger partial charge in [-0.05, 0) is 25.0 Å². The summed E-state index contributed by atoms with van der Waals surface area (Å²) in [5.74, 6) is -0.990. The van der Waals surface area contributed by atoms with Gasteiger partial charge in [0, 0.05) is 31.0 Å². The number of nitrogens with zero attached hydrogens (tertiary/aromatic N) is 2. The van der Waals surface area contributed by atoms with Gasteiger partial charge in [0.15, 0.2) is 0 Å². The largest absolute Gasteiger partial charge is 0.477 e. The molecule has 1 saturated heterocycles. The SMILES string of the molecule is NC1CCN(c2ccnc(C(=O)O)c2)CC1. The summed E-state index contributed by atoms with van der Waals surface area (Å²) in [7, 11) is 0. The number of aromatic nitrogens is 1. The maximum absolute atomic E-state index is 10.8. The van der Waals surface area contributed by atoms with E-state index in [0.717, 1.165) is 31.6 Å². The van der Waals surface area contributed by atoms with Crippen LogP contribution in [0.2, 0.25) is 0 Å². The molecule has 86 valence electrons. The minimum absolute atomic E-state index is 0.0902. The van der Waals surface area contributed by atoms with Gasteiger partial charge in [-0.25, -0.2) is 9.78 Å². The van der Waals surface area contributed by atoms with Gasteiger partial charge < -0.3 is 15.7 Å². The van der Waals surface area contributed by atoms with Crippen molar-refractivity contribution < 1.29 is 9.90 Å². The van der Waals surface area contributed by atoms with Crippen molar-refractivity contribution in [2.45, 2.75) is 18.9 Å². The van der Waals surface area contributed by atoms with Crippen LogP contribution < -0.4 is 10.6 Å². The second kappa shape index (κ2) is 4.49. The second-order valence-corrected chi connectivity index (χ2v) is 4.03. The first-order valence-electron chi connectivity index (χ1n) is 5.36. The molecule has 16 heavy (non-hydrogen) atoms. The van der Waals surface area contributed by atoms with E-state index in [1.807, 2.05) is 6.07 Å². The lowest BCUT2D eigenvalue weighted by atomic mass is 10.1. The Morgan fingerprint density at radius 1 is 1.50 bits per heavy atom. The molecule has 5 nitrogen and oxygen atoms in total. The lowest BCUT2D eigenvalue weighted by Gasteiger charge is -2.31. The fourth-order valence-electron chi connectivity index (χ4n) is 1.89. The highest BCUT2D eigenvalue weighted by molar-refractivity contribution is 5.86. The van der Waals surface area contributed by atoms with Gasteiger partial charge in [-0.3, -0.25) is 0 Å². The van der Waals surface area contributed by atoms with Crippen LogP contribution in [0.1, 0.15) is 23.3 Å². The molecule has 3 N–H and O–H groups in total. The van der Waals surface area contributed by atoms with E-state index in [0.29, 0.717) is 0 Å². The maximum atomic E-state index is 10.8. The smallest absolute Gasteiger partial charge is 0.354 e. The van der Waals surface area contributed by atoms with Gasteiger partial charge in [-0.15, -0.1) is 0 Å². The molecule has 0 aliphatic carbocycles. The molecule has 1 fully saturated rings. The van der Waals surface area contributed by atoms with Crippen molar-refractivity contribution in [2.24, 2.45) is 5.73 Å². The summed E-state index contributed by atoms with van der Waals surface area (Å²) < 4.78 is 0. The zero-order chi connectivity index (χ0) is 11.5. The number of nitrogens with two attached hydrogens (primary N) is 1. The Morgan fingerprint density at radius 3 is 2.81 bits per heavy atom. The Balaban J connectivity index is 2.14. The molecule has 5 heteroatoms. The van der Waals surface area contributed by atoms with Crippen molar-refractivity contribution in [1.29, 1.82) is 0 Å². The summed E-state index contributed by atoms with van der Waals surface area (Å²) in [6.07, 6.45) is 3.43. The second-order valence-electron chi connectivity index (χ2n) is 4.03. The number of aromatic carboxylic acids is 1. The van der Waals surface area contributed by atoms with Crippen LogP contribution in [0.3, 0.4) is 0 Å². The molecule has 0 saturated carbocycles. The highest BCUT2D eigenvalue weighted by atomic mass is 16.4. The summed E-state index contributed by atoms with van der Waals surface area (Å²) in [4.78, 5) is 16.7. The fourth-order valence-corrected chi connectivity index (χ4v) is 1.89. The number of hydrogen-bond donors (Lipinski definition) is 2. The van der Waals surface area contributed by atoms with E-state index in [1.54, 1.807) is 6.07 Å². The average molecular weight is 221 g/mol. The van der Waals surface area contributed by atoms with Crippen LogP contribution in [-0.4, -0.2) is 35.2 Å². The van der Waals surface area contributed by atoms with Gasteiger partial charge in [0.2, 0.25) is 0 Å². The molecule has 1 aromatic rings. The molecule has 0 amide bonds. The number of carbonyl (C=O) groups is 1. The third-order valence-electron chi connectivity index (χ3n) is 2.87. The van der Waals surface area contributed by atoms with E-state index < -0.39 is 5.97 Å². The number of piperidine rings is 1. The van der Waals surface area contributed by atoms with Crippen molar-refractivity contribution >= 4 is 11.7 Å². The normalized spacial score (nSPS) is 17.4. The number of anilines is 1. The Hall–Kier alpha value is -1.62. The number of pyridine rings is 1. The van der Waals surface area contributed by atoms with Crippen LogP contribution in [0.15, 0.2) is 18.3 Å². The molecule has 1 aromatic heterocycles. The molecule has 0 atom stereocenters. The highest BCUT2D eigenvalue weighted by Gasteiger charge is 2.17. The first-order valence-corrected chi connectivity index (χ1v) is 5.36. The zero-order valence-corrected chi connectivity index (χ0v) is 8.97. The van der Waals surface area contributed by atoms with Crippen molar-refractivity contribution in [3.63, 3.8) is 0 Å². The van der Waals surface area contributed by atoms with Crippen LogP contribution in [0.4, 0.5) is 5.69 Å². The van der Waals surface area contributed by atoms with Crippen LogP contribution >= 0.6 is 0 Å². The summed E-state index contributed by atoms with van der Waals surface area (Å²) in [6.45, 7) is 1.76. The molecule has 0 aromatic carbocycles. The van der Waals surface area contributed by atoms with Gasteiger partial charge in [0.25, 0.3) is 0 Å². The monoisotopic (exact) mass is 221 g/mol. The lowest BCUT2D eigenvalue weighted by molar-refractivity contribution is 0.0690. The van der Waals surface area contributed by atoms with E-state index in [4.69, 9.17) is 10.8 Å². The third kappa shape index (κ3) is 2.30. The van der Waals surface area contributed by atoms with Crippen molar-refractivity contribution in [1.82, 2.24) is 4.98 Å². The van der Waals surface area contributed by atoms with Crippen LogP contribution in [0, 0.1) is 0 Å². The van der Waals surface area contributed by atoms with Crippen molar-refractivity contribution in [3.05, 3.63) is 24.0 Å². The van der Waals surface area contributed by atoms with Gasteiger partial charge in [-0.2, -0.15) is 0 Å². The summed E-state index contributed by atoms with van der Waals surface area (Å²) in [5, 5.41) is 8.85. The molecule has 2 heterocycles. The number of carboxylic acid groups (broad SMARTS) is 1. The van der Waals surface area contributed by atoms with Crippen LogP contribution in [0.25, 0.3) is 0 Å². The number of hydrogen-bond acceptors (Lipinski definition) is 4. The van der Waals surface area contributed by atoms with Crippen molar-refractivity contribution in [2.75, 3.05) is 18.0 Å². The highest BCUT2D eigenvalue weighted by Crippen LogP contribution is 2.19. The topological polar surface area (TPSA) is 79.5 Å². The first-order chi connectivity index (χ1) is 7.66. The van der Waals surface area contributed by atoms with Crippen LogP contribution in [-0.2, 0) is 0 Å². The quantitative estimate of drug-likeness (QED) is 0.768. The number of rotatable bonds is 2. The summed E-state index contributed by atoms with van der Waals surface area (Å²) in [6, 6.07) is 3.72. The van der Waals surface area contributed by atoms with Gasteiger partial charge in [0.05, 0.1) is 0 Å². The predicted octanol–water partition coefficient (Wildman–Crippen LogP) is 0.707. The van der Waals surface area contributed by atoms with E-state index >= 15 is 0 Å². The molecule has 0 bridgehead atoms. The van der Waals surface area contributed by atoms with Gasteiger partial charge in [0.1, 0.15) is 5.69 Å². The van der Waals surface area contributed by atoms with Crippen molar-refractivity contribution in [3.8, 4) is 0 Å². The molecule has 1 aliphatic heterocycles. The van der Waals surface area contributed by atoms with E-state index in [9.17, 15) is 4.79 Å². The summed E-state index contributed by atoms with van der Waals surface area (Å²) in [5.41, 5.74) is 6.83. The molecule has 2 rings (SSSR count). The molecular weight excluding hydrogens is 206 g/mol. The Kier molecular flexibility index (Phi) is 3.05. The maximum Gasteiger partial charge on any atom is 0.354 e. The van der Waals surface area contributed by atoms with E-state index in [-0.39, 0.29) is 11.7 Å². The Bertz CT molecular complexity index is 387. The molecule has 0 unspecified atom stereocenters. The minimum atomic E-state index is -0.990. The van der Waals surface area contributed by atoms with E-state index in [1.165, 1.54) is 6.20 Å². The average Bonchev–Trinajstić information content (AvgIpc) is 2.30. The minimum Gasteiger partial charge on any atom is -0.477 e. The van der Waals surface area contributed by atoms with E-state index in [2.05, 4.69) is 9.88 Å². The summed E-state index contributed by atoms with van der Waals surface area (Å²) >= 11 is 0. The van der Waals surface area contributed by atoms with Gasteiger partial charge >= 0.3 is 5.97 Å². The first kappa shape index (κ1) is 10.9. The third-order valence-corrected chi connectivity index (χ3v) is 2.87. The molecular formula is C11H15N3O2. The standard InChI is InChI=1S/C11H15N3O2/c12-8-2-5-14(6-3-8)9-1-4-13-10(7-9)11(15)16/h1,4,7-8H,2-3,5-6,12H2,(H,15,16).